The fourth-order valence-corrected chi connectivity index (χ4v) is 2.51. The van der Waals surface area contributed by atoms with E-state index in [0.717, 1.165) is 13.0 Å². The molecule has 4 nitrogen and oxygen atoms in total. The van der Waals surface area contributed by atoms with Gasteiger partial charge in [0.1, 0.15) is 12.4 Å². The van der Waals surface area contributed by atoms with Gasteiger partial charge in [-0.05, 0) is 24.6 Å². The van der Waals surface area contributed by atoms with Crippen molar-refractivity contribution >= 4 is 8.07 Å². The molecule has 1 aliphatic rings. The lowest BCUT2D eigenvalue weighted by Gasteiger charge is -2.19. The number of aliphatic hydroxyl groups excluding tert-OH is 1. The largest absolute Gasteiger partial charge is 0.490 e. The normalized spacial score (nSPS) is 20.1. The molecule has 1 N–H and O–H groups in total. The van der Waals surface area contributed by atoms with E-state index in [9.17, 15) is 0 Å². The minimum atomic E-state index is -1.07. The zero-order valence-corrected chi connectivity index (χ0v) is 13.6. The van der Waals surface area contributed by atoms with Crippen molar-refractivity contribution in [2.45, 2.75) is 38.2 Å². The van der Waals surface area contributed by atoms with Crippen LogP contribution in [0.1, 0.15) is 6.42 Å². The van der Waals surface area contributed by atoms with E-state index in [4.69, 9.17) is 19.8 Å². The van der Waals surface area contributed by atoms with E-state index in [1.165, 1.54) is 6.04 Å². The van der Waals surface area contributed by atoms with Crippen molar-refractivity contribution in [1.82, 2.24) is 0 Å². The monoisotopic (exact) mass is 295 g/mol. The molecule has 5 heteroatoms. The molecule has 0 aromatic rings. The Hall–Kier alpha value is -1.09. The Bertz CT molecular complexity index is 393. The highest BCUT2D eigenvalue weighted by Gasteiger charge is 2.14. The molecule has 0 saturated heterocycles. The van der Waals surface area contributed by atoms with Crippen LogP contribution in [0.15, 0.2) is 24.0 Å². The molecule has 112 valence electrons. The Labute approximate surface area is 122 Å². The zero-order valence-electron chi connectivity index (χ0n) is 12.6. The number of ether oxygens (including phenoxy) is 2. The molecule has 0 fully saturated rings. The summed E-state index contributed by atoms with van der Waals surface area (Å²) in [5.74, 6) is 1.03. The molecule has 0 aliphatic heterocycles. The Morgan fingerprint density at radius 1 is 1.50 bits per heavy atom. The van der Waals surface area contributed by atoms with E-state index in [-0.39, 0.29) is 6.61 Å². The summed E-state index contributed by atoms with van der Waals surface area (Å²) in [5, 5.41) is 17.6. The summed E-state index contributed by atoms with van der Waals surface area (Å²) in [5.41, 5.74) is 0. The molecule has 1 rings (SSSR count). The van der Waals surface area contributed by atoms with Crippen LogP contribution in [0.3, 0.4) is 0 Å². The van der Waals surface area contributed by atoms with Gasteiger partial charge in [-0.25, -0.2) is 0 Å². The predicted molar refractivity (Wildman–Crippen MR) is 81.9 cm³/mol. The Morgan fingerprint density at radius 2 is 2.25 bits per heavy atom. The average molecular weight is 295 g/mol. The van der Waals surface area contributed by atoms with Crippen molar-refractivity contribution in [2.24, 2.45) is 5.92 Å². The van der Waals surface area contributed by atoms with Gasteiger partial charge in [0.25, 0.3) is 0 Å². The summed E-state index contributed by atoms with van der Waals surface area (Å²) in [6.07, 6.45) is 5.81. The van der Waals surface area contributed by atoms with Gasteiger partial charge in [0, 0.05) is 20.6 Å². The predicted octanol–water partition coefficient (Wildman–Crippen LogP) is 2.70. The van der Waals surface area contributed by atoms with E-state index >= 15 is 0 Å². The van der Waals surface area contributed by atoms with Crippen molar-refractivity contribution in [3.05, 3.63) is 24.0 Å². The van der Waals surface area contributed by atoms with E-state index < -0.39 is 14.2 Å². The van der Waals surface area contributed by atoms with Crippen LogP contribution < -0.4 is 0 Å². The maximum absolute atomic E-state index is 9.15. The Morgan fingerprint density at radius 3 is 2.90 bits per heavy atom. The van der Waals surface area contributed by atoms with Crippen molar-refractivity contribution in [1.29, 1.82) is 5.26 Å². The smallest absolute Gasteiger partial charge is 0.174 e. The first-order valence-electron chi connectivity index (χ1n) is 7.07. The second-order valence-electron chi connectivity index (χ2n) is 6.31. The number of hydrogen-bond acceptors (Lipinski definition) is 4. The van der Waals surface area contributed by atoms with E-state index in [2.05, 4.69) is 19.6 Å². The van der Waals surface area contributed by atoms with Crippen LogP contribution in [0.2, 0.25) is 25.7 Å². The van der Waals surface area contributed by atoms with Gasteiger partial charge in [0.05, 0.1) is 12.7 Å². The first kappa shape index (κ1) is 17.0. The molecule has 0 heterocycles. The molecule has 20 heavy (non-hydrogen) atoms. The summed E-state index contributed by atoms with van der Waals surface area (Å²) in [6.45, 7) is 8.55. The molecule has 0 radical (unpaired) electrons. The van der Waals surface area contributed by atoms with Gasteiger partial charge in [-0.15, -0.1) is 0 Å². The van der Waals surface area contributed by atoms with Crippen LogP contribution in [0.5, 0.6) is 0 Å². The minimum absolute atomic E-state index is 0.00980. The van der Waals surface area contributed by atoms with E-state index in [1.54, 1.807) is 6.07 Å². The standard InChI is InChI=1S/C15H25NO3Si/c1-20(2,3)8-7-18-11-13-5-4-6-15(9-13)19-12-14(17)10-16/h4,6,9,13-14,17H,5,7-8,11-12H2,1-3H3. The van der Waals surface area contributed by atoms with Crippen molar-refractivity contribution in [3.63, 3.8) is 0 Å². The molecule has 0 aromatic heterocycles. The number of nitriles is 1. The highest BCUT2D eigenvalue weighted by atomic mass is 28.3. The lowest BCUT2D eigenvalue weighted by molar-refractivity contribution is 0.103. The van der Waals surface area contributed by atoms with Crippen LogP contribution >= 0.6 is 0 Å². The number of rotatable bonds is 8. The van der Waals surface area contributed by atoms with Crippen molar-refractivity contribution in [2.75, 3.05) is 19.8 Å². The maximum atomic E-state index is 9.15. The van der Waals surface area contributed by atoms with E-state index in [0.29, 0.717) is 18.3 Å². The second kappa shape index (κ2) is 8.25. The molecule has 0 aromatic carbocycles. The lowest BCUT2D eigenvalue weighted by Crippen LogP contribution is -2.22. The molecule has 1 aliphatic carbocycles. The topological polar surface area (TPSA) is 62.5 Å². The highest BCUT2D eigenvalue weighted by molar-refractivity contribution is 6.76. The summed E-state index contributed by atoms with van der Waals surface area (Å²) in [7, 11) is -1.02. The van der Waals surface area contributed by atoms with E-state index in [1.807, 2.05) is 18.2 Å². The first-order valence-corrected chi connectivity index (χ1v) is 10.8. The molecule has 0 saturated carbocycles. The zero-order chi connectivity index (χ0) is 15.0. The summed E-state index contributed by atoms with van der Waals surface area (Å²) >= 11 is 0. The number of nitrogens with zero attached hydrogens (tertiary/aromatic N) is 1. The third-order valence-electron chi connectivity index (χ3n) is 3.01. The third kappa shape index (κ3) is 7.48. The van der Waals surface area contributed by atoms with Crippen LogP contribution in [0.25, 0.3) is 0 Å². The van der Waals surface area contributed by atoms with Gasteiger partial charge in [-0.1, -0.05) is 25.7 Å². The minimum Gasteiger partial charge on any atom is -0.490 e. The summed E-state index contributed by atoms with van der Waals surface area (Å²) in [4.78, 5) is 0. The van der Waals surface area contributed by atoms with Crippen LogP contribution in [-0.4, -0.2) is 39.1 Å². The third-order valence-corrected chi connectivity index (χ3v) is 4.71. The van der Waals surface area contributed by atoms with Gasteiger partial charge in [0.2, 0.25) is 0 Å². The van der Waals surface area contributed by atoms with Gasteiger partial charge in [-0.2, -0.15) is 5.26 Å². The molecule has 2 atom stereocenters. The van der Waals surface area contributed by atoms with Crippen LogP contribution in [-0.2, 0) is 9.47 Å². The van der Waals surface area contributed by atoms with Crippen LogP contribution in [0, 0.1) is 17.2 Å². The van der Waals surface area contributed by atoms with Crippen molar-refractivity contribution in [3.8, 4) is 6.07 Å². The van der Waals surface area contributed by atoms with Gasteiger partial charge in [0.15, 0.2) is 6.10 Å². The molecular weight excluding hydrogens is 270 g/mol. The molecular formula is C15H25NO3Si. The highest BCUT2D eigenvalue weighted by Crippen LogP contribution is 2.18. The summed E-state index contributed by atoms with van der Waals surface area (Å²) < 4.78 is 11.1. The maximum Gasteiger partial charge on any atom is 0.174 e. The fourth-order valence-electron chi connectivity index (χ4n) is 1.75. The first-order chi connectivity index (χ1) is 9.40. The van der Waals surface area contributed by atoms with Crippen molar-refractivity contribution < 1.29 is 14.6 Å². The lowest BCUT2D eigenvalue weighted by atomic mass is 10.0. The quantitative estimate of drug-likeness (QED) is 0.425. The second-order valence-corrected chi connectivity index (χ2v) is 11.9. The fraction of sp³-hybridized carbons (Fsp3) is 0.667. The summed E-state index contributed by atoms with van der Waals surface area (Å²) in [6, 6.07) is 2.91. The van der Waals surface area contributed by atoms with Crippen LogP contribution in [0.4, 0.5) is 0 Å². The molecule has 0 amide bonds. The number of aliphatic hydroxyl groups is 1. The number of allylic oxidation sites excluding steroid dienone is 2. The Balaban J connectivity index is 2.28. The SMILES string of the molecule is C[Si](C)(C)CCOCC1C=C(OCC(O)C#N)C=CC1. The molecule has 0 spiro atoms. The van der Waals surface area contributed by atoms with Gasteiger partial charge >= 0.3 is 0 Å². The van der Waals surface area contributed by atoms with Gasteiger partial charge < -0.3 is 14.6 Å². The van der Waals surface area contributed by atoms with Gasteiger partial charge in [-0.3, -0.25) is 0 Å². The molecule has 0 bridgehead atoms. The average Bonchev–Trinajstić information content (AvgIpc) is 2.40. The Kier molecular flexibility index (Phi) is 7.00. The number of hydrogen-bond donors (Lipinski definition) is 1. The molecule has 2 unspecified atom stereocenters.